The minimum Gasteiger partial charge on any atom is -0.222 e. The Labute approximate surface area is 173 Å². The molecule has 0 fully saturated rings. The van der Waals surface area contributed by atoms with Gasteiger partial charge < -0.3 is 0 Å². The first-order valence-electron chi connectivity index (χ1n) is 8.27. The van der Waals surface area contributed by atoms with Crippen molar-refractivity contribution in [2.75, 3.05) is 0 Å². The van der Waals surface area contributed by atoms with Crippen LogP contribution in [0.15, 0.2) is 60.7 Å². The van der Waals surface area contributed by atoms with Crippen LogP contribution < -0.4 is 18.6 Å². The van der Waals surface area contributed by atoms with Gasteiger partial charge in [0.15, 0.2) is 0 Å². The Morgan fingerprint density at radius 2 is 1.43 bits per heavy atom. The van der Waals surface area contributed by atoms with Crippen molar-refractivity contribution in [2.24, 2.45) is 0 Å². The van der Waals surface area contributed by atoms with Crippen molar-refractivity contribution in [3.63, 3.8) is 0 Å². The molecular formula is C21H16Cl2O4S. The van der Waals surface area contributed by atoms with E-state index in [1.54, 1.807) is 0 Å². The molecule has 0 aliphatic rings. The Morgan fingerprint density at radius 3 is 2.14 bits per heavy atom. The van der Waals surface area contributed by atoms with Crippen molar-refractivity contribution < 1.29 is 28.9 Å². The first-order chi connectivity index (χ1) is 13.1. The van der Waals surface area contributed by atoms with Crippen LogP contribution in [0.4, 0.5) is 0 Å². The van der Waals surface area contributed by atoms with E-state index in [4.69, 9.17) is 30.2 Å². The van der Waals surface area contributed by atoms with E-state index in [0.29, 0.717) is 0 Å². The van der Waals surface area contributed by atoms with Crippen molar-refractivity contribution in [2.45, 2.75) is 13.8 Å². The fourth-order valence-corrected chi connectivity index (χ4v) is 4.35. The maximum Gasteiger partial charge on any atom is 0.239 e. The highest BCUT2D eigenvalue weighted by atomic mass is 35.7. The molecule has 0 atom stereocenters. The molecule has 0 aliphatic heterocycles. The zero-order valence-electron chi connectivity index (χ0n) is 15.1. The van der Waals surface area contributed by atoms with E-state index in [-0.39, 0.29) is 0 Å². The molecule has 0 N–H and O–H groups in total. The molecular weight excluding hydrogens is 419 g/mol. The van der Waals surface area contributed by atoms with Gasteiger partial charge in [-0.2, -0.15) is 0 Å². The van der Waals surface area contributed by atoms with Gasteiger partial charge in [0.25, 0.3) is 0 Å². The van der Waals surface area contributed by atoms with Gasteiger partial charge in [0, 0.05) is 33.5 Å². The lowest BCUT2D eigenvalue weighted by molar-refractivity contribution is -2.00. The van der Waals surface area contributed by atoms with Gasteiger partial charge in [-0.1, -0.05) is 47.5 Å². The second-order valence-corrected chi connectivity index (χ2v) is 8.59. The number of hydrogen-bond acceptors (Lipinski definition) is 4. The topological polar surface area (TPSA) is 92.2 Å². The SMILES string of the molecule is Cc1ccc(C)c(-c2c3ccccc3[s+]c3ccc(Cl)cc23)c1.[O-][Cl+3]([O-])([O-])[O-]. The highest BCUT2D eigenvalue weighted by Crippen LogP contribution is 2.41. The first kappa shape index (κ1) is 20.9. The number of halogens is 2. The zero-order chi connectivity index (χ0) is 20.5. The standard InChI is InChI=1S/C21H16ClS.ClHO4/c1-13-7-8-14(2)17(11-13)21-16-5-3-4-6-19(16)23-20-10-9-15(22)12-18(20)21;2-1(3,4)5/h3-12H,1-2H3;(H,2,3,4,5)/q+1;/p-1. The molecule has 0 unspecified atom stereocenters. The van der Waals surface area contributed by atoms with Crippen molar-refractivity contribution in [1.29, 1.82) is 0 Å². The molecule has 1 heterocycles. The first-order valence-corrected chi connectivity index (χ1v) is 10.7. The third kappa shape index (κ3) is 4.96. The van der Waals surface area contributed by atoms with Crippen LogP contribution in [-0.2, 0) is 0 Å². The van der Waals surface area contributed by atoms with E-state index in [2.05, 4.69) is 68.4 Å². The average molecular weight is 435 g/mol. The molecule has 3 aromatic carbocycles. The Morgan fingerprint density at radius 1 is 0.786 bits per heavy atom. The molecule has 7 heteroatoms. The predicted octanol–water partition coefficient (Wildman–Crippen LogP) is 2.52. The van der Waals surface area contributed by atoms with Gasteiger partial charge in [0.1, 0.15) is 0 Å². The molecule has 144 valence electrons. The lowest BCUT2D eigenvalue weighted by Crippen LogP contribution is -2.68. The normalized spacial score (nSPS) is 11.4. The maximum atomic E-state index is 8.49. The molecule has 0 spiro atoms. The average Bonchev–Trinajstić information content (AvgIpc) is 2.61. The summed E-state index contributed by atoms with van der Waals surface area (Å²) < 4.78 is 36.5. The van der Waals surface area contributed by atoms with E-state index < -0.39 is 10.2 Å². The number of rotatable bonds is 1. The highest BCUT2D eigenvalue weighted by Gasteiger charge is 2.19. The van der Waals surface area contributed by atoms with Crippen LogP contribution in [-0.4, -0.2) is 0 Å². The van der Waals surface area contributed by atoms with Crippen molar-refractivity contribution >= 4 is 43.1 Å². The quantitative estimate of drug-likeness (QED) is 0.339. The second kappa shape index (κ2) is 8.27. The van der Waals surface area contributed by atoms with E-state index >= 15 is 0 Å². The predicted molar refractivity (Wildman–Crippen MR) is 104 cm³/mol. The minimum absolute atomic E-state index is 0.784. The maximum absolute atomic E-state index is 8.49. The third-order valence-electron chi connectivity index (χ3n) is 4.25. The fraction of sp³-hybridized carbons (Fsp3) is 0.0952. The summed E-state index contributed by atoms with van der Waals surface area (Å²) in [6.07, 6.45) is 0. The third-order valence-corrected chi connectivity index (χ3v) is 5.64. The van der Waals surface area contributed by atoms with Crippen LogP contribution in [0.5, 0.6) is 0 Å². The number of fused-ring (bicyclic) bond motifs is 2. The van der Waals surface area contributed by atoms with Gasteiger partial charge in [-0.05, 0) is 43.2 Å². The molecule has 0 radical (unpaired) electrons. The van der Waals surface area contributed by atoms with Crippen molar-refractivity contribution in [3.05, 3.63) is 76.8 Å². The Hall–Kier alpha value is -1.83. The van der Waals surface area contributed by atoms with Gasteiger partial charge >= 0.3 is 0 Å². The molecule has 0 aliphatic carbocycles. The molecule has 0 amide bonds. The summed E-state index contributed by atoms with van der Waals surface area (Å²) in [5, 5.41) is 3.31. The van der Waals surface area contributed by atoms with Crippen LogP contribution in [0.3, 0.4) is 0 Å². The lowest BCUT2D eigenvalue weighted by Gasteiger charge is -2.17. The zero-order valence-corrected chi connectivity index (χ0v) is 17.4. The van der Waals surface area contributed by atoms with E-state index in [1.807, 2.05) is 17.4 Å². The van der Waals surface area contributed by atoms with Crippen LogP contribution >= 0.6 is 22.9 Å². The van der Waals surface area contributed by atoms with Crippen LogP contribution in [0.1, 0.15) is 11.1 Å². The molecule has 4 rings (SSSR count). The Kier molecular flexibility index (Phi) is 6.17. The monoisotopic (exact) mass is 434 g/mol. The Balaban J connectivity index is 0.000000403. The molecule has 28 heavy (non-hydrogen) atoms. The van der Waals surface area contributed by atoms with E-state index in [1.165, 1.54) is 42.4 Å². The van der Waals surface area contributed by atoms with Gasteiger partial charge in [-0.3, -0.25) is 0 Å². The van der Waals surface area contributed by atoms with Gasteiger partial charge in [0.2, 0.25) is 20.7 Å². The van der Waals surface area contributed by atoms with E-state index in [9.17, 15) is 0 Å². The number of aryl methyl sites for hydroxylation is 2. The summed E-state index contributed by atoms with van der Waals surface area (Å²) in [4.78, 5) is 0. The Bertz CT molecular complexity index is 1150. The van der Waals surface area contributed by atoms with Crippen LogP contribution in [0.2, 0.25) is 5.02 Å². The summed E-state index contributed by atoms with van der Waals surface area (Å²) in [5.41, 5.74) is 5.15. The van der Waals surface area contributed by atoms with Crippen molar-refractivity contribution in [3.8, 4) is 11.1 Å². The summed E-state index contributed by atoms with van der Waals surface area (Å²) >= 11 is 8.13. The van der Waals surface area contributed by atoms with E-state index in [0.717, 1.165) is 5.02 Å². The molecule has 4 aromatic rings. The van der Waals surface area contributed by atoms with Gasteiger partial charge in [-0.15, -0.1) is 10.2 Å². The largest absolute Gasteiger partial charge is 0.239 e. The van der Waals surface area contributed by atoms with Gasteiger partial charge in [0.05, 0.1) is 0 Å². The second-order valence-electron chi connectivity index (χ2n) is 6.31. The summed E-state index contributed by atoms with van der Waals surface area (Å²) in [6, 6.07) is 21.5. The number of benzene rings is 3. The summed E-state index contributed by atoms with van der Waals surface area (Å²) in [6.45, 7) is 4.32. The molecule has 0 saturated carbocycles. The molecule has 1 aromatic heterocycles. The summed E-state index contributed by atoms with van der Waals surface area (Å²) in [5.74, 6) is 0. The fourth-order valence-electron chi connectivity index (χ4n) is 3.11. The lowest BCUT2D eigenvalue weighted by atomic mass is 9.94. The smallest absolute Gasteiger partial charge is 0.222 e. The number of hydrogen-bond donors (Lipinski definition) is 0. The van der Waals surface area contributed by atoms with Crippen LogP contribution in [0, 0.1) is 24.1 Å². The minimum atomic E-state index is -4.94. The van der Waals surface area contributed by atoms with Crippen LogP contribution in [0.25, 0.3) is 31.3 Å². The molecule has 4 nitrogen and oxygen atoms in total. The summed E-state index contributed by atoms with van der Waals surface area (Å²) in [7, 11) is -4.94. The van der Waals surface area contributed by atoms with Crippen molar-refractivity contribution in [1.82, 2.24) is 0 Å². The highest BCUT2D eigenvalue weighted by molar-refractivity contribution is 7.24. The van der Waals surface area contributed by atoms with Gasteiger partial charge in [-0.25, -0.2) is 18.6 Å². The molecule has 0 bridgehead atoms. The molecule has 0 saturated heterocycles.